The van der Waals surface area contributed by atoms with Gasteiger partial charge < -0.3 is 13.7 Å². The summed E-state index contributed by atoms with van der Waals surface area (Å²) in [6, 6.07) is 18.0. The van der Waals surface area contributed by atoms with E-state index in [0.29, 0.717) is 12.2 Å². The molecule has 2 aromatic carbocycles. The SMILES string of the molecule is COC(=O)c1cc2ccccc2n1Cc1ccc2oc(-c3nc(C(C)(C)C)cs3)cc2c1. The molecular formula is C26H24N2O3S. The summed E-state index contributed by atoms with van der Waals surface area (Å²) in [6.45, 7) is 7.03. The minimum absolute atomic E-state index is 0.00478. The van der Waals surface area contributed by atoms with E-state index in [9.17, 15) is 4.79 Å². The van der Waals surface area contributed by atoms with Gasteiger partial charge in [-0.2, -0.15) is 0 Å². The number of benzene rings is 2. The highest BCUT2D eigenvalue weighted by Crippen LogP contribution is 2.34. The average Bonchev–Trinajstić information content (AvgIpc) is 3.49. The molecule has 0 aliphatic heterocycles. The third-order valence-electron chi connectivity index (χ3n) is 5.61. The Kier molecular flexibility index (Phi) is 4.90. The van der Waals surface area contributed by atoms with Crippen LogP contribution >= 0.6 is 11.3 Å². The summed E-state index contributed by atoms with van der Waals surface area (Å²) in [7, 11) is 1.41. The summed E-state index contributed by atoms with van der Waals surface area (Å²) >= 11 is 1.60. The van der Waals surface area contributed by atoms with Gasteiger partial charge in [-0.1, -0.05) is 45.0 Å². The van der Waals surface area contributed by atoms with Crippen LogP contribution in [0.15, 0.2) is 64.4 Å². The fraction of sp³-hybridized carbons (Fsp3) is 0.231. The molecule has 0 N–H and O–H groups in total. The number of carbonyl (C=O) groups excluding carboxylic acids is 1. The van der Waals surface area contributed by atoms with E-state index in [4.69, 9.17) is 14.1 Å². The van der Waals surface area contributed by atoms with Gasteiger partial charge in [0.15, 0.2) is 10.8 Å². The van der Waals surface area contributed by atoms with Crippen molar-refractivity contribution in [3.63, 3.8) is 0 Å². The first-order chi connectivity index (χ1) is 15.3. The van der Waals surface area contributed by atoms with Crippen LogP contribution in [0.2, 0.25) is 0 Å². The van der Waals surface area contributed by atoms with Gasteiger partial charge in [-0.3, -0.25) is 0 Å². The van der Waals surface area contributed by atoms with Gasteiger partial charge >= 0.3 is 5.97 Å². The molecule has 0 saturated carbocycles. The largest absolute Gasteiger partial charge is 0.464 e. The van der Waals surface area contributed by atoms with Crippen molar-refractivity contribution in [1.29, 1.82) is 0 Å². The number of furan rings is 1. The predicted octanol–water partition coefficient (Wildman–Crippen LogP) is 6.64. The number of carbonyl (C=O) groups is 1. The lowest BCUT2D eigenvalue weighted by molar-refractivity contribution is 0.0589. The lowest BCUT2D eigenvalue weighted by Gasteiger charge is -2.13. The highest BCUT2D eigenvalue weighted by molar-refractivity contribution is 7.13. The molecule has 0 unspecified atom stereocenters. The van der Waals surface area contributed by atoms with Crippen LogP contribution in [-0.4, -0.2) is 22.6 Å². The van der Waals surface area contributed by atoms with Gasteiger partial charge in [-0.25, -0.2) is 9.78 Å². The Labute approximate surface area is 190 Å². The van der Waals surface area contributed by atoms with Crippen molar-refractivity contribution in [3.8, 4) is 10.8 Å². The monoisotopic (exact) mass is 444 g/mol. The standard InChI is InChI=1S/C26H24N2O3S/c1-26(2,3)23-15-32-24(27-23)22-13-18-11-16(9-10-21(18)31-22)14-28-19-8-6-5-7-17(19)12-20(28)25(29)30-4/h5-13,15H,14H2,1-4H3. The summed E-state index contributed by atoms with van der Waals surface area (Å²) in [6.07, 6.45) is 0. The van der Waals surface area contributed by atoms with Gasteiger partial charge in [0.05, 0.1) is 12.8 Å². The molecular weight excluding hydrogens is 420 g/mol. The molecule has 0 fully saturated rings. The van der Waals surface area contributed by atoms with Crippen molar-refractivity contribution in [2.45, 2.75) is 32.7 Å². The quantitative estimate of drug-likeness (QED) is 0.291. The Morgan fingerprint density at radius 2 is 1.91 bits per heavy atom. The zero-order valence-electron chi connectivity index (χ0n) is 18.5. The highest BCUT2D eigenvalue weighted by atomic mass is 32.1. The summed E-state index contributed by atoms with van der Waals surface area (Å²) < 4.78 is 13.1. The molecule has 0 bridgehead atoms. The van der Waals surface area contributed by atoms with Crippen LogP contribution in [0.5, 0.6) is 0 Å². The number of aromatic nitrogens is 2. The van der Waals surface area contributed by atoms with Gasteiger partial charge in [0, 0.05) is 33.6 Å². The lowest BCUT2D eigenvalue weighted by atomic mass is 9.93. The molecule has 0 radical (unpaired) electrons. The minimum Gasteiger partial charge on any atom is -0.464 e. The molecule has 162 valence electrons. The third-order valence-corrected chi connectivity index (χ3v) is 6.47. The number of nitrogens with zero attached hydrogens (tertiary/aromatic N) is 2. The Morgan fingerprint density at radius 3 is 2.66 bits per heavy atom. The maximum atomic E-state index is 12.4. The van der Waals surface area contributed by atoms with Crippen LogP contribution in [0.4, 0.5) is 0 Å². The number of ether oxygens (including phenoxy) is 1. The molecule has 0 amide bonds. The molecule has 0 aliphatic rings. The molecule has 6 heteroatoms. The molecule has 0 atom stereocenters. The second kappa shape index (κ2) is 7.64. The fourth-order valence-electron chi connectivity index (χ4n) is 3.86. The van der Waals surface area contributed by atoms with E-state index in [2.05, 4.69) is 32.2 Å². The van der Waals surface area contributed by atoms with E-state index < -0.39 is 0 Å². The number of fused-ring (bicyclic) bond motifs is 2. The Morgan fingerprint density at radius 1 is 1.09 bits per heavy atom. The van der Waals surface area contributed by atoms with Crippen molar-refractivity contribution in [3.05, 3.63) is 76.9 Å². The number of methoxy groups -OCH3 is 1. The fourth-order valence-corrected chi connectivity index (χ4v) is 4.86. The van der Waals surface area contributed by atoms with E-state index >= 15 is 0 Å². The Bertz CT molecular complexity index is 1450. The molecule has 0 aliphatic carbocycles. The van der Waals surface area contributed by atoms with Crippen molar-refractivity contribution >= 4 is 39.2 Å². The van der Waals surface area contributed by atoms with E-state index in [-0.39, 0.29) is 11.4 Å². The third kappa shape index (κ3) is 3.60. The number of hydrogen-bond acceptors (Lipinski definition) is 5. The van der Waals surface area contributed by atoms with E-state index in [0.717, 1.165) is 43.9 Å². The smallest absolute Gasteiger partial charge is 0.354 e. The number of rotatable bonds is 4. The van der Waals surface area contributed by atoms with Gasteiger partial charge in [0.25, 0.3) is 0 Å². The van der Waals surface area contributed by atoms with Crippen molar-refractivity contribution in [1.82, 2.24) is 9.55 Å². The Balaban J connectivity index is 1.52. The maximum absolute atomic E-state index is 12.4. The van der Waals surface area contributed by atoms with Crippen LogP contribution < -0.4 is 0 Å². The molecule has 3 heterocycles. The van der Waals surface area contributed by atoms with Gasteiger partial charge in [0.1, 0.15) is 11.3 Å². The van der Waals surface area contributed by atoms with Crippen LogP contribution in [-0.2, 0) is 16.7 Å². The molecule has 5 aromatic rings. The number of thiazole rings is 1. The molecule has 0 spiro atoms. The van der Waals surface area contributed by atoms with E-state index in [1.54, 1.807) is 11.3 Å². The van der Waals surface area contributed by atoms with Crippen molar-refractivity contribution in [2.75, 3.05) is 7.11 Å². The number of hydrogen-bond donors (Lipinski definition) is 0. The highest BCUT2D eigenvalue weighted by Gasteiger charge is 2.20. The molecule has 5 rings (SSSR count). The maximum Gasteiger partial charge on any atom is 0.354 e. The van der Waals surface area contributed by atoms with Crippen molar-refractivity contribution in [2.24, 2.45) is 0 Å². The van der Waals surface area contributed by atoms with E-state index in [1.807, 2.05) is 53.1 Å². The van der Waals surface area contributed by atoms with Crippen LogP contribution in [0.3, 0.4) is 0 Å². The van der Waals surface area contributed by atoms with Crippen LogP contribution in [0, 0.1) is 0 Å². The second-order valence-electron chi connectivity index (χ2n) is 8.94. The van der Waals surface area contributed by atoms with Crippen molar-refractivity contribution < 1.29 is 13.9 Å². The summed E-state index contributed by atoms with van der Waals surface area (Å²) in [5.41, 5.74) is 4.50. The zero-order valence-corrected chi connectivity index (χ0v) is 19.3. The van der Waals surface area contributed by atoms with Gasteiger partial charge in [0.2, 0.25) is 0 Å². The number of para-hydroxylation sites is 1. The second-order valence-corrected chi connectivity index (χ2v) is 9.79. The average molecular weight is 445 g/mol. The summed E-state index contributed by atoms with van der Waals surface area (Å²) in [5.74, 6) is 0.436. The Hall–Kier alpha value is -3.38. The lowest BCUT2D eigenvalue weighted by Crippen LogP contribution is -2.11. The zero-order chi connectivity index (χ0) is 22.5. The van der Waals surface area contributed by atoms with Gasteiger partial charge in [-0.15, -0.1) is 11.3 Å². The van der Waals surface area contributed by atoms with Crippen LogP contribution in [0.25, 0.3) is 32.6 Å². The summed E-state index contributed by atoms with van der Waals surface area (Å²) in [4.78, 5) is 17.1. The summed E-state index contributed by atoms with van der Waals surface area (Å²) in [5, 5.41) is 5.01. The first-order valence-corrected chi connectivity index (χ1v) is 11.4. The minimum atomic E-state index is -0.341. The van der Waals surface area contributed by atoms with Crippen LogP contribution in [0.1, 0.15) is 42.5 Å². The number of esters is 1. The first-order valence-electron chi connectivity index (χ1n) is 10.5. The normalized spacial score (nSPS) is 12.0. The molecule has 5 nitrogen and oxygen atoms in total. The molecule has 32 heavy (non-hydrogen) atoms. The first kappa shape index (κ1) is 20.5. The molecule has 3 aromatic heterocycles. The van der Waals surface area contributed by atoms with Gasteiger partial charge in [-0.05, 0) is 35.9 Å². The van der Waals surface area contributed by atoms with E-state index in [1.165, 1.54) is 7.11 Å². The predicted molar refractivity (Wildman–Crippen MR) is 128 cm³/mol. The molecule has 0 saturated heterocycles. The topological polar surface area (TPSA) is 57.3 Å².